The number of hydrogen-bond acceptors (Lipinski definition) is 3. The van der Waals surface area contributed by atoms with Crippen molar-refractivity contribution in [3.05, 3.63) is 0 Å². The summed E-state index contributed by atoms with van der Waals surface area (Å²) in [5.74, 6) is 2.18. The molecule has 0 aromatic carbocycles. The first-order valence-corrected chi connectivity index (χ1v) is 8.71. The molecular formula is C17H34N2O. The van der Waals surface area contributed by atoms with Crippen LogP contribution in [-0.4, -0.2) is 48.8 Å². The summed E-state index contributed by atoms with van der Waals surface area (Å²) in [6.07, 6.45) is 7.76. The van der Waals surface area contributed by atoms with Crippen LogP contribution in [0.1, 0.15) is 52.4 Å². The predicted octanol–water partition coefficient (Wildman–Crippen LogP) is 2.49. The summed E-state index contributed by atoms with van der Waals surface area (Å²) in [6, 6.07) is 0.699. The minimum Gasteiger partial charge on any atom is -0.393 e. The lowest BCUT2D eigenvalue weighted by atomic mass is 9.76. The smallest absolute Gasteiger partial charge is 0.0590 e. The van der Waals surface area contributed by atoms with Crippen LogP contribution in [0.5, 0.6) is 0 Å². The minimum absolute atomic E-state index is 0.0782. The number of likely N-dealkylation sites (tertiary alicyclic amines) is 1. The van der Waals surface area contributed by atoms with Gasteiger partial charge < -0.3 is 15.3 Å². The molecule has 20 heavy (non-hydrogen) atoms. The third kappa shape index (κ3) is 4.19. The largest absolute Gasteiger partial charge is 0.393 e. The number of hydrogen-bond donors (Lipinski definition) is 2. The summed E-state index contributed by atoms with van der Waals surface area (Å²) in [7, 11) is 2.13. The van der Waals surface area contributed by atoms with Gasteiger partial charge in [0.1, 0.15) is 0 Å². The molecule has 0 amide bonds. The third-order valence-electron chi connectivity index (χ3n) is 5.60. The van der Waals surface area contributed by atoms with E-state index in [1.54, 1.807) is 0 Å². The summed E-state index contributed by atoms with van der Waals surface area (Å²) < 4.78 is 0. The third-order valence-corrected chi connectivity index (χ3v) is 5.60. The summed E-state index contributed by atoms with van der Waals surface area (Å²) >= 11 is 0. The van der Waals surface area contributed by atoms with E-state index in [0.717, 1.165) is 31.3 Å². The first-order valence-electron chi connectivity index (χ1n) is 8.71. The van der Waals surface area contributed by atoms with Gasteiger partial charge in [-0.3, -0.25) is 0 Å². The summed E-state index contributed by atoms with van der Waals surface area (Å²) in [5.41, 5.74) is 0. The van der Waals surface area contributed by atoms with Crippen LogP contribution in [0.25, 0.3) is 0 Å². The first kappa shape index (κ1) is 16.3. The van der Waals surface area contributed by atoms with E-state index in [9.17, 15) is 5.11 Å². The fraction of sp³-hybridized carbons (Fsp3) is 1.00. The minimum atomic E-state index is -0.0782. The summed E-state index contributed by atoms with van der Waals surface area (Å²) in [5, 5.41) is 13.4. The molecule has 0 spiro atoms. The van der Waals surface area contributed by atoms with E-state index < -0.39 is 0 Å². The second kappa shape index (κ2) is 7.77. The van der Waals surface area contributed by atoms with Gasteiger partial charge in [0.05, 0.1) is 6.10 Å². The van der Waals surface area contributed by atoms with Crippen LogP contribution in [0.2, 0.25) is 0 Å². The van der Waals surface area contributed by atoms with E-state index in [0.29, 0.717) is 12.0 Å². The molecule has 2 aliphatic rings. The summed E-state index contributed by atoms with van der Waals surface area (Å²) in [4.78, 5) is 2.60. The number of nitrogens with zero attached hydrogens (tertiary/aromatic N) is 1. The molecule has 3 heteroatoms. The van der Waals surface area contributed by atoms with E-state index in [4.69, 9.17) is 0 Å². The van der Waals surface area contributed by atoms with Crippen molar-refractivity contribution in [1.29, 1.82) is 0 Å². The zero-order valence-electron chi connectivity index (χ0n) is 13.6. The highest BCUT2D eigenvalue weighted by molar-refractivity contribution is 4.87. The molecule has 2 rings (SSSR count). The Balaban J connectivity index is 1.87. The summed E-state index contributed by atoms with van der Waals surface area (Å²) in [6.45, 7) is 7.88. The Labute approximate surface area is 125 Å². The SMILES string of the molecule is CCCC1CCC(NC)C(CN2CCC(O)C(C)C2)C1. The number of piperidine rings is 1. The molecule has 0 aromatic heterocycles. The Kier molecular flexibility index (Phi) is 6.31. The molecule has 5 unspecified atom stereocenters. The maximum atomic E-state index is 9.87. The van der Waals surface area contributed by atoms with Crippen molar-refractivity contribution in [2.45, 2.75) is 64.5 Å². The molecule has 1 saturated carbocycles. The highest BCUT2D eigenvalue weighted by Gasteiger charge is 2.32. The second-order valence-corrected chi connectivity index (χ2v) is 7.22. The average Bonchev–Trinajstić information content (AvgIpc) is 2.44. The fourth-order valence-electron chi connectivity index (χ4n) is 4.33. The average molecular weight is 282 g/mol. The second-order valence-electron chi connectivity index (χ2n) is 7.22. The van der Waals surface area contributed by atoms with Crippen molar-refractivity contribution in [2.24, 2.45) is 17.8 Å². The molecule has 3 nitrogen and oxygen atoms in total. The van der Waals surface area contributed by atoms with Gasteiger partial charge in [0.25, 0.3) is 0 Å². The van der Waals surface area contributed by atoms with Gasteiger partial charge in [-0.2, -0.15) is 0 Å². The van der Waals surface area contributed by atoms with Crippen LogP contribution in [-0.2, 0) is 0 Å². The van der Waals surface area contributed by atoms with Gasteiger partial charge >= 0.3 is 0 Å². The first-order chi connectivity index (χ1) is 9.63. The van der Waals surface area contributed by atoms with Gasteiger partial charge in [0.2, 0.25) is 0 Å². The molecule has 5 atom stereocenters. The van der Waals surface area contributed by atoms with Gasteiger partial charge in [-0.15, -0.1) is 0 Å². The molecule has 118 valence electrons. The van der Waals surface area contributed by atoms with Crippen molar-refractivity contribution in [3.63, 3.8) is 0 Å². The molecule has 0 aromatic rings. The van der Waals surface area contributed by atoms with E-state index in [1.165, 1.54) is 38.6 Å². The maximum absolute atomic E-state index is 9.87. The molecule has 1 heterocycles. The monoisotopic (exact) mass is 282 g/mol. The van der Waals surface area contributed by atoms with E-state index in [2.05, 4.69) is 31.1 Å². The molecule has 1 aliphatic carbocycles. The van der Waals surface area contributed by atoms with Crippen molar-refractivity contribution in [1.82, 2.24) is 10.2 Å². The van der Waals surface area contributed by atoms with Crippen LogP contribution in [0, 0.1) is 17.8 Å². The van der Waals surface area contributed by atoms with Crippen molar-refractivity contribution < 1.29 is 5.11 Å². The van der Waals surface area contributed by atoms with Gasteiger partial charge in [-0.05, 0) is 50.5 Å². The number of nitrogens with one attached hydrogen (secondary N) is 1. The standard InChI is InChI=1S/C17H34N2O/c1-4-5-14-6-7-16(18-3)15(10-14)12-19-9-8-17(20)13(2)11-19/h13-18,20H,4-12H2,1-3H3. The molecule has 2 fully saturated rings. The van der Waals surface area contributed by atoms with Crippen LogP contribution < -0.4 is 5.32 Å². The zero-order valence-corrected chi connectivity index (χ0v) is 13.6. The normalized spacial score (nSPS) is 39.9. The van der Waals surface area contributed by atoms with Gasteiger partial charge in [0, 0.05) is 25.7 Å². The molecule has 0 bridgehead atoms. The molecule has 1 aliphatic heterocycles. The van der Waals surface area contributed by atoms with E-state index in [-0.39, 0.29) is 6.10 Å². The van der Waals surface area contributed by atoms with Crippen LogP contribution >= 0.6 is 0 Å². The van der Waals surface area contributed by atoms with Crippen LogP contribution in [0.4, 0.5) is 0 Å². The van der Waals surface area contributed by atoms with Crippen LogP contribution in [0.3, 0.4) is 0 Å². The Morgan fingerprint density at radius 3 is 2.70 bits per heavy atom. The van der Waals surface area contributed by atoms with Crippen molar-refractivity contribution in [3.8, 4) is 0 Å². The molecular weight excluding hydrogens is 248 g/mol. The van der Waals surface area contributed by atoms with Crippen molar-refractivity contribution >= 4 is 0 Å². The Morgan fingerprint density at radius 1 is 1.25 bits per heavy atom. The van der Waals surface area contributed by atoms with Gasteiger partial charge in [-0.25, -0.2) is 0 Å². The van der Waals surface area contributed by atoms with E-state index >= 15 is 0 Å². The highest BCUT2D eigenvalue weighted by Crippen LogP contribution is 2.33. The van der Waals surface area contributed by atoms with Crippen molar-refractivity contribution in [2.75, 3.05) is 26.7 Å². The Hall–Kier alpha value is -0.120. The van der Waals surface area contributed by atoms with Gasteiger partial charge in [0.15, 0.2) is 0 Å². The highest BCUT2D eigenvalue weighted by atomic mass is 16.3. The molecule has 1 saturated heterocycles. The lowest BCUT2D eigenvalue weighted by molar-refractivity contribution is 0.0212. The Morgan fingerprint density at radius 2 is 2.05 bits per heavy atom. The molecule has 0 radical (unpaired) electrons. The number of rotatable bonds is 5. The number of aliphatic hydroxyl groups excluding tert-OH is 1. The maximum Gasteiger partial charge on any atom is 0.0590 e. The topological polar surface area (TPSA) is 35.5 Å². The Bertz CT molecular complexity index is 284. The zero-order chi connectivity index (χ0) is 14.5. The van der Waals surface area contributed by atoms with E-state index in [1.807, 2.05) is 0 Å². The lowest BCUT2D eigenvalue weighted by Crippen LogP contribution is -2.49. The quantitative estimate of drug-likeness (QED) is 0.813. The molecule has 2 N–H and O–H groups in total. The number of aliphatic hydroxyl groups is 1. The predicted molar refractivity (Wildman–Crippen MR) is 84.8 cm³/mol. The van der Waals surface area contributed by atoms with Crippen LogP contribution in [0.15, 0.2) is 0 Å². The van der Waals surface area contributed by atoms with Gasteiger partial charge in [-0.1, -0.05) is 26.7 Å². The lowest BCUT2D eigenvalue weighted by Gasteiger charge is -2.41. The fourth-order valence-corrected chi connectivity index (χ4v) is 4.33.